The van der Waals surface area contributed by atoms with Crippen LogP contribution in [0.4, 0.5) is 11.6 Å². The first-order valence-electron chi connectivity index (χ1n) is 11.9. The maximum absolute atomic E-state index is 13.6. The Bertz CT molecular complexity index is 1540. The Labute approximate surface area is 213 Å². The zero-order valence-corrected chi connectivity index (χ0v) is 21.4. The number of ether oxygens (including phenoxy) is 1. The van der Waals surface area contributed by atoms with Gasteiger partial charge in [-0.3, -0.25) is 13.9 Å². The molecule has 0 saturated heterocycles. The largest absolute Gasteiger partial charge is 0.492 e. The van der Waals surface area contributed by atoms with Gasteiger partial charge in [0.15, 0.2) is 11.2 Å². The Balaban J connectivity index is 1.57. The lowest BCUT2D eigenvalue weighted by Crippen LogP contribution is -2.40. The monoisotopic (exact) mass is 508 g/mol. The number of nitrogens with zero attached hydrogens (tertiary/aromatic N) is 6. The van der Waals surface area contributed by atoms with Crippen LogP contribution in [0.1, 0.15) is 12.0 Å². The summed E-state index contributed by atoms with van der Waals surface area (Å²) < 4.78 is 10.5. The van der Waals surface area contributed by atoms with Gasteiger partial charge in [0.2, 0.25) is 5.95 Å². The summed E-state index contributed by atoms with van der Waals surface area (Å²) in [6, 6.07) is 15.1. The molecule has 0 unspecified atom stereocenters. The molecule has 3 heterocycles. The van der Waals surface area contributed by atoms with Crippen LogP contribution in [0.5, 0.6) is 5.75 Å². The summed E-state index contributed by atoms with van der Waals surface area (Å²) in [5.41, 5.74) is 1.64. The molecule has 9 nitrogen and oxygen atoms in total. The Morgan fingerprint density at radius 1 is 1.08 bits per heavy atom. The summed E-state index contributed by atoms with van der Waals surface area (Å²) >= 11 is 6.32. The molecule has 0 spiro atoms. The first-order chi connectivity index (χ1) is 17.3. The van der Waals surface area contributed by atoms with E-state index < -0.39 is 5.69 Å². The van der Waals surface area contributed by atoms with Gasteiger partial charge in [-0.15, -0.1) is 0 Å². The highest BCUT2D eigenvalue weighted by molar-refractivity contribution is 6.31. The number of rotatable bonds is 7. The molecule has 2 aromatic carbocycles. The SMILES string of the molecule is CN(C)CCOc1cccc(N2CCCn3c2nc2c3c(=O)n(Cc3ccccc3Cl)c(=O)n2C)c1. The molecule has 1 aliphatic rings. The van der Waals surface area contributed by atoms with Crippen molar-refractivity contribution < 1.29 is 4.74 Å². The van der Waals surface area contributed by atoms with Crippen molar-refractivity contribution in [2.75, 3.05) is 38.7 Å². The van der Waals surface area contributed by atoms with Crippen molar-refractivity contribution in [3.63, 3.8) is 0 Å². The average Bonchev–Trinajstić information content (AvgIpc) is 3.26. The average molecular weight is 509 g/mol. The van der Waals surface area contributed by atoms with Crippen LogP contribution in [-0.2, 0) is 20.1 Å². The van der Waals surface area contributed by atoms with Gasteiger partial charge in [-0.05, 0) is 44.3 Å². The van der Waals surface area contributed by atoms with E-state index in [2.05, 4.69) is 9.80 Å². The summed E-state index contributed by atoms with van der Waals surface area (Å²) in [7, 11) is 5.66. The standard InChI is InChI=1S/C26H29ClN6O3/c1-29(2)14-15-36-20-10-6-9-19(16-20)31-12-7-13-32-22-23(28-25(31)32)30(3)26(35)33(24(22)34)17-18-8-4-5-11-21(18)27/h4-6,8-11,16H,7,12-15,17H2,1-3H3. The van der Waals surface area contributed by atoms with Gasteiger partial charge in [-0.1, -0.05) is 35.9 Å². The zero-order chi connectivity index (χ0) is 25.4. The van der Waals surface area contributed by atoms with Crippen molar-refractivity contribution in [3.05, 3.63) is 80.0 Å². The molecular formula is C26H29ClN6O3. The molecule has 0 radical (unpaired) electrons. The minimum Gasteiger partial charge on any atom is -0.492 e. The first-order valence-corrected chi connectivity index (χ1v) is 12.3. The fourth-order valence-electron chi connectivity index (χ4n) is 4.53. The predicted molar refractivity (Wildman–Crippen MR) is 142 cm³/mol. The van der Waals surface area contributed by atoms with E-state index in [1.165, 1.54) is 9.13 Å². The van der Waals surface area contributed by atoms with E-state index in [1.807, 2.05) is 61.1 Å². The maximum atomic E-state index is 13.6. The van der Waals surface area contributed by atoms with E-state index in [9.17, 15) is 9.59 Å². The summed E-state index contributed by atoms with van der Waals surface area (Å²) in [5.74, 6) is 1.42. The van der Waals surface area contributed by atoms with Crippen molar-refractivity contribution in [2.45, 2.75) is 19.5 Å². The highest BCUT2D eigenvalue weighted by atomic mass is 35.5. The molecule has 188 valence electrons. The molecule has 36 heavy (non-hydrogen) atoms. The molecule has 0 saturated carbocycles. The van der Waals surface area contributed by atoms with Crippen LogP contribution in [0, 0.1) is 0 Å². The summed E-state index contributed by atoms with van der Waals surface area (Å²) in [4.78, 5) is 35.7. The van der Waals surface area contributed by atoms with Gasteiger partial charge in [0, 0.05) is 43.5 Å². The predicted octanol–water partition coefficient (Wildman–Crippen LogP) is 3.08. The van der Waals surface area contributed by atoms with Gasteiger partial charge in [0.1, 0.15) is 12.4 Å². The highest BCUT2D eigenvalue weighted by Crippen LogP contribution is 2.32. The van der Waals surface area contributed by atoms with E-state index in [0.717, 1.165) is 30.9 Å². The van der Waals surface area contributed by atoms with Gasteiger partial charge in [-0.25, -0.2) is 4.79 Å². The summed E-state index contributed by atoms with van der Waals surface area (Å²) in [6.07, 6.45) is 0.830. The molecule has 0 aliphatic carbocycles. The lowest BCUT2D eigenvalue weighted by atomic mass is 10.2. The molecule has 10 heteroatoms. The number of fused-ring (bicyclic) bond motifs is 3. The molecular weight excluding hydrogens is 480 g/mol. The van der Waals surface area contributed by atoms with Crippen molar-refractivity contribution in [1.82, 2.24) is 23.6 Å². The molecule has 2 aromatic heterocycles. The molecule has 0 N–H and O–H groups in total. The van der Waals surface area contributed by atoms with Crippen LogP contribution in [-0.4, -0.2) is 57.4 Å². The van der Waals surface area contributed by atoms with Gasteiger partial charge in [0.25, 0.3) is 5.56 Å². The van der Waals surface area contributed by atoms with E-state index >= 15 is 0 Å². The molecule has 0 atom stereocenters. The molecule has 0 amide bonds. The zero-order valence-electron chi connectivity index (χ0n) is 20.6. The third-order valence-electron chi connectivity index (χ3n) is 6.44. The minimum absolute atomic E-state index is 0.0949. The van der Waals surface area contributed by atoms with Crippen LogP contribution in [0.3, 0.4) is 0 Å². The van der Waals surface area contributed by atoms with Crippen molar-refractivity contribution in [3.8, 4) is 5.75 Å². The summed E-state index contributed by atoms with van der Waals surface area (Å²) in [5, 5.41) is 0.515. The normalized spacial score (nSPS) is 13.4. The fraction of sp³-hybridized carbons (Fsp3) is 0.346. The Morgan fingerprint density at radius 3 is 2.67 bits per heavy atom. The van der Waals surface area contributed by atoms with E-state index in [4.69, 9.17) is 21.3 Å². The molecule has 5 rings (SSSR count). The van der Waals surface area contributed by atoms with E-state index in [1.54, 1.807) is 13.1 Å². The number of hydrogen-bond acceptors (Lipinski definition) is 6. The van der Waals surface area contributed by atoms with Crippen molar-refractivity contribution >= 4 is 34.4 Å². The smallest absolute Gasteiger partial charge is 0.332 e. The van der Waals surface area contributed by atoms with Crippen LogP contribution in [0.15, 0.2) is 58.1 Å². The first kappa shape index (κ1) is 24.1. The van der Waals surface area contributed by atoms with Crippen LogP contribution in [0.2, 0.25) is 5.02 Å². The highest BCUT2D eigenvalue weighted by Gasteiger charge is 2.27. The number of aromatic nitrogens is 4. The lowest BCUT2D eigenvalue weighted by molar-refractivity contribution is 0.261. The van der Waals surface area contributed by atoms with E-state index in [0.29, 0.717) is 40.8 Å². The molecule has 0 bridgehead atoms. The topological polar surface area (TPSA) is 77.5 Å². The number of benzene rings is 2. The molecule has 1 aliphatic heterocycles. The van der Waals surface area contributed by atoms with Crippen molar-refractivity contribution in [1.29, 1.82) is 0 Å². The fourth-order valence-corrected chi connectivity index (χ4v) is 4.73. The van der Waals surface area contributed by atoms with E-state index in [-0.39, 0.29) is 12.1 Å². The van der Waals surface area contributed by atoms with Crippen LogP contribution >= 0.6 is 11.6 Å². The van der Waals surface area contributed by atoms with Crippen LogP contribution < -0.4 is 20.9 Å². The van der Waals surface area contributed by atoms with Crippen molar-refractivity contribution in [2.24, 2.45) is 7.05 Å². The third kappa shape index (κ3) is 4.40. The maximum Gasteiger partial charge on any atom is 0.332 e. The second-order valence-corrected chi connectivity index (χ2v) is 9.62. The number of aryl methyl sites for hydroxylation is 2. The lowest BCUT2D eigenvalue weighted by Gasteiger charge is -2.29. The Morgan fingerprint density at radius 2 is 1.89 bits per heavy atom. The van der Waals surface area contributed by atoms with Gasteiger partial charge >= 0.3 is 5.69 Å². The quantitative estimate of drug-likeness (QED) is 0.382. The number of halogens is 1. The number of imidazole rings is 1. The van der Waals surface area contributed by atoms with Gasteiger partial charge in [0.05, 0.1) is 6.54 Å². The number of likely N-dealkylation sites (N-methyl/N-ethyl adjacent to an activating group) is 1. The Hall–Kier alpha value is -3.56. The summed E-state index contributed by atoms with van der Waals surface area (Å²) in [6.45, 7) is 2.88. The molecule has 0 fully saturated rings. The second-order valence-electron chi connectivity index (χ2n) is 9.21. The number of anilines is 2. The van der Waals surface area contributed by atoms with Gasteiger partial charge in [-0.2, -0.15) is 4.98 Å². The second kappa shape index (κ2) is 9.83. The Kier molecular flexibility index (Phi) is 6.59. The van der Waals surface area contributed by atoms with Gasteiger partial charge < -0.3 is 19.1 Å². The third-order valence-corrected chi connectivity index (χ3v) is 6.81. The van der Waals surface area contributed by atoms with Crippen LogP contribution in [0.25, 0.3) is 11.2 Å². The minimum atomic E-state index is -0.425. The molecule has 4 aromatic rings. The number of hydrogen-bond donors (Lipinski definition) is 0.